The van der Waals surface area contributed by atoms with Gasteiger partial charge in [0.15, 0.2) is 11.7 Å². The number of hydrogen-bond donors (Lipinski definition) is 1. The van der Waals surface area contributed by atoms with Gasteiger partial charge in [0.05, 0.1) is 17.1 Å². The molecule has 3 aromatic rings. The highest BCUT2D eigenvalue weighted by atomic mass is 16.1. The predicted molar refractivity (Wildman–Crippen MR) is 126 cm³/mol. The summed E-state index contributed by atoms with van der Waals surface area (Å²) in [6, 6.07) is 20.3. The number of aromatic nitrogens is 2. The van der Waals surface area contributed by atoms with Crippen LogP contribution in [0.15, 0.2) is 67.3 Å². The number of para-hydroxylation sites is 2. The van der Waals surface area contributed by atoms with E-state index in [0.29, 0.717) is 29.5 Å². The van der Waals surface area contributed by atoms with Gasteiger partial charge >= 0.3 is 0 Å². The van der Waals surface area contributed by atoms with Gasteiger partial charge < -0.3 is 10.2 Å². The number of benzene rings is 2. The molecular formula is C26H27N5O. The lowest BCUT2D eigenvalue weighted by molar-refractivity contribution is -0.121. The number of piperidine rings is 1. The monoisotopic (exact) mass is 425 g/mol. The molecule has 1 saturated heterocycles. The number of nitrogens with zero attached hydrogens (tertiary/aromatic N) is 4. The van der Waals surface area contributed by atoms with Crippen LogP contribution in [0.3, 0.4) is 0 Å². The van der Waals surface area contributed by atoms with Crippen molar-refractivity contribution in [3.05, 3.63) is 78.5 Å². The minimum atomic E-state index is -1.02. The third-order valence-electron chi connectivity index (χ3n) is 5.94. The van der Waals surface area contributed by atoms with E-state index >= 15 is 0 Å². The molecule has 1 aliphatic rings. The molecule has 6 heteroatoms. The van der Waals surface area contributed by atoms with E-state index in [-0.39, 0.29) is 5.91 Å². The molecule has 0 radical (unpaired) electrons. The van der Waals surface area contributed by atoms with Crippen LogP contribution in [0.2, 0.25) is 0 Å². The Morgan fingerprint density at radius 1 is 1.12 bits per heavy atom. The minimum Gasteiger partial charge on any atom is -0.355 e. The molecule has 1 aromatic heterocycles. The lowest BCUT2D eigenvalue weighted by Crippen LogP contribution is -2.37. The number of amides is 1. The van der Waals surface area contributed by atoms with Crippen molar-refractivity contribution in [1.29, 1.82) is 5.26 Å². The minimum absolute atomic E-state index is 0.304. The molecule has 162 valence electrons. The SMILES string of the molecule is C=CCNC(=O)[C@@H](C#N)c1nc2ccccc2nc1N1CCC(Cc2ccccc2)CC1. The van der Waals surface area contributed by atoms with E-state index in [2.05, 4.69) is 47.1 Å². The van der Waals surface area contributed by atoms with E-state index in [0.717, 1.165) is 37.9 Å². The molecule has 0 saturated carbocycles. The molecule has 1 amide bonds. The second-order valence-electron chi connectivity index (χ2n) is 8.14. The number of nitrogens with one attached hydrogen (secondary N) is 1. The second kappa shape index (κ2) is 10.1. The molecule has 32 heavy (non-hydrogen) atoms. The van der Waals surface area contributed by atoms with Gasteiger partial charge in [-0.05, 0) is 42.9 Å². The highest BCUT2D eigenvalue weighted by Gasteiger charge is 2.30. The second-order valence-corrected chi connectivity index (χ2v) is 8.14. The molecule has 6 nitrogen and oxygen atoms in total. The quantitative estimate of drug-likeness (QED) is 0.579. The summed E-state index contributed by atoms with van der Waals surface area (Å²) in [5, 5.41) is 12.6. The van der Waals surface area contributed by atoms with Crippen molar-refractivity contribution in [2.75, 3.05) is 24.5 Å². The van der Waals surface area contributed by atoms with Crippen molar-refractivity contribution in [2.45, 2.75) is 25.2 Å². The van der Waals surface area contributed by atoms with Gasteiger partial charge in [0.1, 0.15) is 5.69 Å². The smallest absolute Gasteiger partial charge is 0.243 e. The summed E-state index contributed by atoms with van der Waals surface area (Å²) < 4.78 is 0. The summed E-state index contributed by atoms with van der Waals surface area (Å²) >= 11 is 0. The average Bonchev–Trinajstić information content (AvgIpc) is 2.84. The van der Waals surface area contributed by atoms with Gasteiger partial charge in [-0.25, -0.2) is 9.97 Å². The Labute approximate surface area is 188 Å². The Balaban J connectivity index is 1.60. The van der Waals surface area contributed by atoms with E-state index in [1.165, 1.54) is 5.56 Å². The Morgan fingerprint density at radius 2 is 1.78 bits per heavy atom. The molecule has 0 bridgehead atoms. The lowest BCUT2D eigenvalue weighted by Gasteiger charge is -2.34. The zero-order chi connectivity index (χ0) is 22.3. The normalized spacial score (nSPS) is 15.2. The van der Waals surface area contributed by atoms with Crippen LogP contribution in [-0.4, -0.2) is 35.5 Å². The van der Waals surface area contributed by atoms with Crippen molar-refractivity contribution in [3.63, 3.8) is 0 Å². The van der Waals surface area contributed by atoms with Crippen LogP contribution in [0.1, 0.15) is 30.0 Å². The molecule has 1 N–H and O–H groups in total. The number of rotatable bonds is 7. The van der Waals surface area contributed by atoms with Gasteiger partial charge in [-0.2, -0.15) is 5.26 Å². The average molecular weight is 426 g/mol. The Hall–Kier alpha value is -3.72. The van der Waals surface area contributed by atoms with Gasteiger partial charge in [0.25, 0.3) is 0 Å². The first-order chi connectivity index (χ1) is 15.7. The molecule has 0 aliphatic carbocycles. The van der Waals surface area contributed by atoms with Gasteiger partial charge in [0, 0.05) is 19.6 Å². The summed E-state index contributed by atoms with van der Waals surface area (Å²) in [5.41, 5.74) is 3.23. The Morgan fingerprint density at radius 3 is 2.44 bits per heavy atom. The van der Waals surface area contributed by atoms with Crippen LogP contribution in [-0.2, 0) is 11.2 Å². The fourth-order valence-electron chi connectivity index (χ4n) is 4.25. The third kappa shape index (κ3) is 4.78. The first-order valence-corrected chi connectivity index (χ1v) is 11.0. The summed E-state index contributed by atoms with van der Waals surface area (Å²) in [5.74, 6) is -0.156. The summed E-state index contributed by atoms with van der Waals surface area (Å²) in [7, 11) is 0. The summed E-state index contributed by atoms with van der Waals surface area (Å²) in [6.07, 6.45) is 4.72. The molecule has 2 heterocycles. The maximum atomic E-state index is 12.7. The van der Waals surface area contributed by atoms with Gasteiger partial charge in [-0.15, -0.1) is 6.58 Å². The molecule has 4 rings (SSSR count). The van der Waals surface area contributed by atoms with Crippen molar-refractivity contribution in [3.8, 4) is 6.07 Å². The van der Waals surface area contributed by atoms with Crippen molar-refractivity contribution < 1.29 is 4.79 Å². The Bertz CT molecular complexity index is 1130. The molecule has 0 spiro atoms. The number of hydrogen-bond acceptors (Lipinski definition) is 5. The van der Waals surface area contributed by atoms with Gasteiger partial charge in [0.2, 0.25) is 5.91 Å². The van der Waals surface area contributed by atoms with E-state index in [9.17, 15) is 10.1 Å². The van der Waals surface area contributed by atoms with Crippen LogP contribution >= 0.6 is 0 Å². The summed E-state index contributed by atoms with van der Waals surface area (Å²) in [4.78, 5) is 24.4. The molecule has 0 unspecified atom stereocenters. The van der Waals surface area contributed by atoms with Crippen molar-refractivity contribution >= 4 is 22.8 Å². The molecular weight excluding hydrogens is 398 g/mol. The number of carbonyl (C=O) groups is 1. The van der Waals surface area contributed by atoms with E-state index < -0.39 is 5.92 Å². The maximum absolute atomic E-state index is 12.7. The highest BCUT2D eigenvalue weighted by Crippen LogP contribution is 2.31. The van der Waals surface area contributed by atoms with Crippen LogP contribution < -0.4 is 10.2 Å². The molecule has 1 atom stereocenters. The van der Waals surface area contributed by atoms with Gasteiger partial charge in [-0.1, -0.05) is 48.5 Å². The van der Waals surface area contributed by atoms with E-state index in [4.69, 9.17) is 9.97 Å². The fraction of sp³-hybridized carbons (Fsp3) is 0.308. The largest absolute Gasteiger partial charge is 0.355 e. The maximum Gasteiger partial charge on any atom is 0.243 e. The number of carbonyl (C=O) groups excluding carboxylic acids is 1. The predicted octanol–water partition coefficient (Wildman–Crippen LogP) is 4.00. The number of fused-ring (bicyclic) bond motifs is 1. The van der Waals surface area contributed by atoms with E-state index in [1.54, 1.807) is 6.08 Å². The molecule has 1 fully saturated rings. The fourth-order valence-corrected chi connectivity index (χ4v) is 4.25. The number of anilines is 1. The first-order valence-electron chi connectivity index (χ1n) is 11.0. The molecule has 1 aliphatic heterocycles. The van der Waals surface area contributed by atoms with Crippen molar-refractivity contribution in [2.24, 2.45) is 5.92 Å². The number of nitriles is 1. The third-order valence-corrected chi connectivity index (χ3v) is 5.94. The standard InChI is InChI=1S/C26H27N5O/c1-2-14-28-26(32)21(18-27)24-25(30-23-11-7-6-10-22(23)29-24)31-15-12-20(13-16-31)17-19-8-4-3-5-9-19/h2-11,20-21H,1,12-17H2,(H,28,32)/t21-/m0/s1. The van der Waals surface area contributed by atoms with E-state index in [1.807, 2.05) is 30.3 Å². The van der Waals surface area contributed by atoms with Crippen LogP contribution in [0, 0.1) is 17.2 Å². The topological polar surface area (TPSA) is 81.9 Å². The zero-order valence-electron chi connectivity index (χ0n) is 18.1. The van der Waals surface area contributed by atoms with Crippen LogP contribution in [0.5, 0.6) is 0 Å². The Kier molecular flexibility index (Phi) is 6.76. The van der Waals surface area contributed by atoms with Crippen LogP contribution in [0.4, 0.5) is 5.82 Å². The lowest BCUT2D eigenvalue weighted by atomic mass is 9.90. The van der Waals surface area contributed by atoms with Crippen LogP contribution in [0.25, 0.3) is 11.0 Å². The highest BCUT2D eigenvalue weighted by molar-refractivity contribution is 5.89. The van der Waals surface area contributed by atoms with Crippen molar-refractivity contribution in [1.82, 2.24) is 15.3 Å². The summed E-state index contributed by atoms with van der Waals surface area (Å²) in [6.45, 7) is 5.58. The zero-order valence-corrected chi connectivity index (χ0v) is 18.1. The first kappa shape index (κ1) is 21.5. The molecule has 2 aromatic carbocycles. The van der Waals surface area contributed by atoms with Gasteiger partial charge in [-0.3, -0.25) is 4.79 Å².